The van der Waals surface area contributed by atoms with Crippen LogP contribution in [0.1, 0.15) is 24.8 Å². The van der Waals surface area contributed by atoms with Gasteiger partial charge in [-0.2, -0.15) is 0 Å². The maximum absolute atomic E-state index is 12.1. The molecule has 0 bridgehead atoms. The first-order chi connectivity index (χ1) is 8.19. The molecule has 0 atom stereocenters. The van der Waals surface area contributed by atoms with Crippen molar-refractivity contribution in [3.8, 4) is 0 Å². The Labute approximate surface area is 122 Å². The van der Waals surface area contributed by atoms with Gasteiger partial charge in [0.25, 0.3) is 0 Å². The Morgan fingerprint density at radius 1 is 1.44 bits per heavy atom. The van der Waals surface area contributed by atoms with Gasteiger partial charge in [-0.05, 0) is 43.5 Å². The summed E-state index contributed by atoms with van der Waals surface area (Å²) in [6, 6.07) is 8.02. The third kappa shape index (κ3) is 3.25. The Kier molecular flexibility index (Phi) is 5.63. The zero-order valence-corrected chi connectivity index (χ0v) is 12.5. The van der Waals surface area contributed by atoms with Crippen molar-refractivity contribution < 1.29 is 4.79 Å². The predicted molar refractivity (Wildman–Crippen MR) is 79.0 cm³/mol. The standard InChI is InChI=1S/C13H17BrN2O.ClH/c14-11-4-1-3-10(9-11)13(5-6-13)12(17)16-8-2-7-15;/h1,3-4,9H,2,5-8,15H2,(H,16,17);1H. The summed E-state index contributed by atoms with van der Waals surface area (Å²) in [4.78, 5) is 12.1. The van der Waals surface area contributed by atoms with E-state index in [2.05, 4.69) is 21.2 Å². The highest BCUT2D eigenvalue weighted by Gasteiger charge is 2.51. The first kappa shape index (κ1) is 15.5. The molecular weight excluding hydrogens is 316 g/mol. The van der Waals surface area contributed by atoms with Crippen LogP contribution < -0.4 is 11.1 Å². The van der Waals surface area contributed by atoms with E-state index < -0.39 is 0 Å². The fourth-order valence-corrected chi connectivity index (χ4v) is 2.43. The van der Waals surface area contributed by atoms with Crippen LogP contribution in [0, 0.1) is 0 Å². The molecule has 1 aromatic rings. The van der Waals surface area contributed by atoms with Crippen molar-refractivity contribution in [2.45, 2.75) is 24.7 Å². The number of benzene rings is 1. The van der Waals surface area contributed by atoms with E-state index in [1.54, 1.807) is 0 Å². The van der Waals surface area contributed by atoms with E-state index in [9.17, 15) is 4.79 Å². The number of carbonyl (C=O) groups excluding carboxylic acids is 1. The van der Waals surface area contributed by atoms with Gasteiger partial charge < -0.3 is 11.1 Å². The fourth-order valence-electron chi connectivity index (χ4n) is 2.03. The molecule has 0 aromatic heterocycles. The highest BCUT2D eigenvalue weighted by atomic mass is 79.9. The van der Waals surface area contributed by atoms with E-state index >= 15 is 0 Å². The summed E-state index contributed by atoms with van der Waals surface area (Å²) >= 11 is 3.45. The summed E-state index contributed by atoms with van der Waals surface area (Å²) in [7, 11) is 0. The van der Waals surface area contributed by atoms with Crippen molar-refractivity contribution in [2.24, 2.45) is 5.73 Å². The maximum atomic E-state index is 12.1. The zero-order valence-electron chi connectivity index (χ0n) is 10.1. The summed E-state index contributed by atoms with van der Waals surface area (Å²) in [5, 5.41) is 2.97. The van der Waals surface area contributed by atoms with Crippen molar-refractivity contribution >= 4 is 34.2 Å². The lowest BCUT2D eigenvalue weighted by molar-refractivity contribution is -0.123. The first-order valence-electron chi connectivity index (χ1n) is 5.93. The summed E-state index contributed by atoms with van der Waals surface area (Å²) in [5.41, 5.74) is 6.24. The molecule has 0 unspecified atom stereocenters. The molecule has 0 spiro atoms. The minimum atomic E-state index is -0.279. The molecule has 3 nitrogen and oxygen atoms in total. The second-order valence-electron chi connectivity index (χ2n) is 4.49. The van der Waals surface area contributed by atoms with Crippen molar-refractivity contribution in [1.29, 1.82) is 0 Å². The largest absolute Gasteiger partial charge is 0.355 e. The van der Waals surface area contributed by atoms with Crippen LogP contribution in [0.3, 0.4) is 0 Å². The molecule has 0 heterocycles. The smallest absolute Gasteiger partial charge is 0.230 e. The SMILES string of the molecule is Cl.NCCCNC(=O)C1(c2cccc(Br)c2)CC1. The minimum Gasteiger partial charge on any atom is -0.355 e. The highest BCUT2D eigenvalue weighted by Crippen LogP contribution is 2.48. The third-order valence-corrected chi connectivity index (χ3v) is 3.72. The lowest BCUT2D eigenvalue weighted by Gasteiger charge is -2.15. The Morgan fingerprint density at radius 3 is 2.72 bits per heavy atom. The molecule has 5 heteroatoms. The minimum absolute atomic E-state index is 0. The molecule has 3 N–H and O–H groups in total. The zero-order chi connectivity index (χ0) is 12.3. The van der Waals surface area contributed by atoms with Gasteiger partial charge in [-0.1, -0.05) is 28.1 Å². The first-order valence-corrected chi connectivity index (χ1v) is 6.73. The molecule has 0 saturated heterocycles. The van der Waals surface area contributed by atoms with Gasteiger partial charge in [0.15, 0.2) is 0 Å². The molecule has 2 rings (SSSR count). The Bertz CT molecular complexity index is 421. The number of carbonyl (C=O) groups is 1. The van der Waals surface area contributed by atoms with Crippen LogP contribution in [0.15, 0.2) is 28.7 Å². The average molecular weight is 334 g/mol. The molecule has 100 valence electrons. The van der Waals surface area contributed by atoms with Crippen LogP contribution in [-0.4, -0.2) is 19.0 Å². The second kappa shape index (κ2) is 6.55. The topological polar surface area (TPSA) is 55.1 Å². The van der Waals surface area contributed by atoms with Crippen molar-refractivity contribution in [3.63, 3.8) is 0 Å². The average Bonchev–Trinajstić information content (AvgIpc) is 3.10. The van der Waals surface area contributed by atoms with Gasteiger partial charge in [0, 0.05) is 11.0 Å². The van der Waals surface area contributed by atoms with Crippen molar-refractivity contribution in [1.82, 2.24) is 5.32 Å². The second-order valence-corrected chi connectivity index (χ2v) is 5.41. The maximum Gasteiger partial charge on any atom is 0.230 e. The number of halogens is 2. The van der Waals surface area contributed by atoms with Gasteiger partial charge in [0.05, 0.1) is 5.41 Å². The van der Waals surface area contributed by atoms with Crippen LogP contribution in [0.25, 0.3) is 0 Å². The van der Waals surface area contributed by atoms with Gasteiger partial charge in [0.2, 0.25) is 5.91 Å². The highest BCUT2D eigenvalue weighted by molar-refractivity contribution is 9.10. The van der Waals surface area contributed by atoms with E-state index in [4.69, 9.17) is 5.73 Å². The van der Waals surface area contributed by atoms with Crippen molar-refractivity contribution in [3.05, 3.63) is 34.3 Å². The van der Waals surface area contributed by atoms with E-state index in [0.717, 1.165) is 29.3 Å². The Hall–Kier alpha value is -0.580. The number of hydrogen-bond acceptors (Lipinski definition) is 2. The molecule has 1 saturated carbocycles. The summed E-state index contributed by atoms with van der Waals surface area (Å²) in [5.74, 6) is 0.143. The summed E-state index contributed by atoms with van der Waals surface area (Å²) in [6.45, 7) is 1.29. The number of amides is 1. The molecule has 1 aliphatic carbocycles. The van der Waals surface area contributed by atoms with Crippen LogP contribution in [0.4, 0.5) is 0 Å². The van der Waals surface area contributed by atoms with Gasteiger partial charge in [-0.3, -0.25) is 4.79 Å². The van der Waals surface area contributed by atoms with E-state index in [0.29, 0.717) is 13.1 Å². The number of hydrogen-bond donors (Lipinski definition) is 2. The third-order valence-electron chi connectivity index (χ3n) is 3.23. The summed E-state index contributed by atoms with van der Waals surface area (Å²) < 4.78 is 1.02. The predicted octanol–water partition coefficient (Wildman–Crippen LogP) is 2.37. The van der Waals surface area contributed by atoms with Gasteiger partial charge in [0.1, 0.15) is 0 Å². The lowest BCUT2D eigenvalue weighted by atomic mass is 9.95. The summed E-state index contributed by atoms with van der Waals surface area (Å²) in [6.07, 6.45) is 2.72. The van der Waals surface area contributed by atoms with E-state index in [1.807, 2.05) is 24.3 Å². The van der Waals surface area contributed by atoms with Gasteiger partial charge in [-0.15, -0.1) is 12.4 Å². The molecular formula is C13H18BrClN2O. The normalized spacial score (nSPS) is 15.7. The molecule has 0 radical (unpaired) electrons. The van der Waals surface area contributed by atoms with Crippen molar-refractivity contribution in [2.75, 3.05) is 13.1 Å². The van der Waals surface area contributed by atoms with Crippen LogP contribution in [0.2, 0.25) is 0 Å². The Balaban J connectivity index is 0.00000162. The number of nitrogens with one attached hydrogen (secondary N) is 1. The van der Waals surface area contributed by atoms with E-state index in [-0.39, 0.29) is 23.7 Å². The monoisotopic (exact) mass is 332 g/mol. The van der Waals surface area contributed by atoms with E-state index in [1.165, 1.54) is 0 Å². The molecule has 1 amide bonds. The van der Waals surface area contributed by atoms with Gasteiger partial charge >= 0.3 is 0 Å². The fraction of sp³-hybridized carbons (Fsp3) is 0.462. The molecule has 0 aliphatic heterocycles. The lowest BCUT2D eigenvalue weighted by Crippen LogP contribution is -2.35. The van der Waals surface area contributed by atoms with Gasteiger partial charge in [-0.25, -0.2) is 0 Å². The number of rotatable bonds is 5. The van der Waals surface area contributed by atoms with Crippen LogP contribution in [-0.2, 0) is 10.2 Å². The van der Waals surface area contributed by atoms with Crippen LogP contribution in [0.5, 0.6) is 0 Å². The Morgan fingerprint density at radius 2 is 2.17 bits per heavy atom. The molecule has 18 heavy (non-hydrogen) atoms. The molecule has 1 aliphatic rings. The molecule has 1 aromatic carbocycles. The van der Waals surface area contributed by atoms with Crippen LogP contribution >= 0.6 is 28.3 Å². The molecule has 1 fully saturated rings. The quantitative estimate of drug-likeness (QED) is 0.813. The number of nitrogens with two attached hydrogens (primary N) is 1.